The monoisotopic (exact) mass is 582 g/mol. The van der Waals surface area contributed by atoms with Crippen LogP contribution in [-0.2, 0) is 56.0 Å². The van der Waals surface area contributed by atoms with Gasteiger partial charge in [0.05, 0.1) is 6.17 Å². The molecule has 2 aromatic carbocycles. The third-order valence-corrected chi connectivity index (χ3v) is 7.20. The highest BCUT2D eigenvalue weighted by Gasteiger charge is 2.56. The van der Waals surface area contributed by atoms with E-state index in [-0.39, 0.29) is 6.61 Å². The second-order valence-electron chi connectivity index (χ2n) is 10.5. The van der Waals surface area contributed by atoms with Crippen molar-refractivity contribution in [3.63, 3.8) is 0 Å². The number of rotatable bonds is 10. The van der Waals surface area contributed by atoms with Crippen molar-refractivity contribution in [1.29, 1.82) is 0 Å². The lowest BCUT2D eigenvalue weighted by Gasteiger charge is -2.48. The standard InChI is InChI=1S/C31H38N2O9/c1-20(34)38-19-26-27(39-21(2)35)28(40-22(3)36)29(41-23(4)37)30(42-26)31-32(17-24-11-7-5-8-12-24)15-16-33(31)18-25-13-9-6-10-14-25/h5-14,26-31H,15-19H2,1-4H3/t26-,27-,28+,29-,30-/m1/s1. The van der Waals surface area contributed by atoms with Crippen LogP contribution in [0.5, 0.6) is 0 Å². The van der Waals surface area contributed by atoms with Gasteiger partial charge in [-0.1, -0.05) is 60.7 Å². The molecule has 0 aliphatic carbocycles. The van der Waals surface area contributed by atoms with Crippen LogP contribution in [0.1, 0.15) is 38.8 Å². The van der Waals surface area contributed by atoms with E-state index in [1.165, 1.54) is 27.7 Å². The molecule has 0 spiro atoms. The van der Waals surface area contributed by atoms with Gasteiger partial charge in [0, 0.05) is 53.9 Å². The van der Waals surface area contributed by atoms with E-state index in [0.717, 1.165) is 11.1 Å². The molecule has 4 rings (SSSR count). The second-order valence-corrected chi connectivity index (χ2v) is 10.5. The number of carbonyl (C=O) groups excluding carboxylic acids is 4. The van der Waals surface area contributed by atoms with Crippen LogP contribution in [0.3, 0.4) is 0 Å². The third kappa shape index (κ3) is 8.15. The predicted octanol–water partition coefficient (Wildman–Crippen LogP) is 2.46. The molecule has 226 valence electrons. The summed E-state index contributed by atoms with van der Waals surface area (Å²) < 4.78 is 29.0. The Morgan fingerprint density at radius 2 is 1.12 bits per heavy atom. The van der Waals surface area contributed by atoms with Crippen molar-refractivity contribution in [2.45, 2.75) is 77.5 Å². The van der Waals surface area contributed by atoms with Gasteiger partial charge < -0.3 is 23.7 Å². The lowest BCUT2D eigenvalue weighted by atomic mass is 9.91. The molecule has 0 amide bonds. The maximum Gasteiger partial charge on any atom is 0.303 e. The van der Waals surface area contributed by atoms with Crippen LogP contribution in [-0.4, -0.2) is 90.1 Å². The van der Waals surface area contributed by atoms with Crippen LogP contribution in [0.4, 0.5) is 0 Å². The van der Waals surface area contributed by atoms with Gasteiger partial charge in [0.25, 0.3) is 0 Å². The van der Waals surface area contributed by atoms with Gasteiger partial charge in [-0.3, -0.25) is 29.0 Å². The molecule has 11 nitrogen and oxygen atoms in total. The molecule has 0 aromatic heterocycles. The minimum absolute atomic E-state index is 0.265. The predicted molar refractivity (Wildman–Crippen MR) is 149 cm³/mol. The summed E-state index contributed by atoms with van der Waals surface area (Å²) in [6, 6.07) is 19.9. The molecule has 0 bridgehead atoms. The summed E-state index contributed by atoms with van der Waals surface area (Å²) >= 11 is 0. The van der Waals surface area contributed by atoms with Crippen molar-refractivity contribution >= 4 is 23.9 Å². The summed E-state index contributed by atoms with van der Waals surface area (Å²) in [7, 11) is 0. The number of benzene rings is 2. The molecule has 5 atom stereocenters. The summed E-state index contributed by atoms with van der Waals surface area (Å²) in [5.74, 6) is -2.49. The Balaban J connectivity index is 1.78. The van der Waals surface area contributed by atoms with Gasteiger partial charge in [0.15, 0.2) is 18.3 Å². The Hall–Kier alpha value is -3.80. The molecule has 0 N–H and O–H groups in total. The zero-order valence-electron chi connectivity index (χ0n) is 24.3. The van der Waals surface area contributed by atoms with Gasteiger partial charge in [-0.15, -0.1) is 0 Å². The van der Waals surface area contributed by atoms with Crippen LogP contribution in [0.25, 0.3) is 0 Å². The molecule has 11 heteroatoms. The Labute approximate surface area is 245 Å². The van der Waals surface area contributed by atoms with E-state index in [0.29, 0.717) is 26.2 Å². The number of esters is 4. The van der Waals surface area contributed by atoms with Gasteiger partial charge in [0.1, 0.15) is 18.8 Å². The molecule has 42 heavy (non-hydrogen) atoms. The lowest BCUT2D eigenvalue weighted by molar-refractivity contribution is -0.267. The van der Waals surface area contributed by atoms with Crippen LogP contribution >= 0.6 is 0 Å². The summed E-state index contributed by atoms with van der Waals surface area (Å²) in [6.45, 7) is 7.18. The quantitative estimate of drug-likeness (QED) is 0.303. The van der Waals surface area contributed by atoms with E-state index < -0.39 is 60.6 Å². The van der Waals surface area contributed by atoms with E-state index in [4.69, 9.17) is 23.7 Å². The number of nitrogens with zero attached hydrogens (tertiary/aromatic N) is 2. The number of hydrogen-bond acceptors (Lipinski definition) is 11. The minimum atomic E-state index is -1.22. The normalized spacial score (nSPS) is 25.0. The topological polar surface area (TPSA) is 121 Å². The van der Waals surface area contributed by atoms with Gasteiger partial charge in [-0.2, -0.15) is 0 Å². The molecule has 2 fully saturated rings. The van der Waals surface area contributed by atoms with Crippen molar-refractivity contribution in [2.75, 3.05) is 19.7 Å². The average Bonchev–Trinajstić information content (AvgIpc) is 3.31. The fourth-order valence-corrected chi connectivity index (χ4v) is 5.65. The molecular weight excluding hydrogens is 544 g/mol. The van der Waals surface area contributed by atoms with Crippen LogP contribution < -0.4 is 0 Å². The fraction of sp³-hybridized carbons (Fsp3) is 0.484. The summed E-state index contributed by atoms with van der Waals surface area (Å²) in [6.07, 6.45) is -5.88. The van der Waals surface area contributed by atoms with Crippen molar-refractivity contribution in [3.05, 3.63) is 71.8 Å². The van der Waals surface area contributed by atoms with Crippen LogP contribution in [0.15, 0.2) is 60.7 Å². The molecule has 0 radical (unpaired) electrons. The number of hydrogen-bond donors (Lipinski definition) is 0. The average molecular weight is 583 g/mol. The molecular formula is C31H38N2O9. The van der Waals surface area contributed by atoms with Gasteiger partial charge in [-0.05, 0) is 11.1 Å². The highest BCUT2D eigenvalue weighted by Crippen LogP contribution is 2.35. The fourth-order valence-electron chi connectivity index (χ4n) is 5.65. The Morgan fingerprint density at radius 1 is 0.667 bits per heavy atom. The van der Waals surface area contributed by atoms with Gasteiger partial charge in [-0.25, -0.2) is 0 Å². The molecule has 2 saturated heterocycles. The first-order chi connectivity index (χ1) is 20.1. The largest absolute Gasteiger partial charge is 0.463 e. The van der Waals surface area contributed by atoms with E-state index in [1.54, 1.807) is 0 Å². The highest BCUT2D eigenvalue weighted by atomic mass is 16.7. The van der Waals surface area contributed by atoms with E-state index >= 15 is 0 Å². The molecule has 2 aliphatic rings. The highest BCUT2D eigenvalue weighted by molar-refractivity contribution is 5.68. The van der Waals surface area contributed by atoms with Gasteiger partial charge >= 0.3 is 23.9 Å². The van der Waals surface area contributed by atoms with Gasteiger partial charge in [0.2, 0.25) is 0 Å². The lowest BCUT2D eigenvalue weighted by Crippen LogP contribution is -2.67. The SMILES string of the molecule is CC(=O)OC[C@H]1O[C@@H](C2N(Cc3ccccc3)CCN2Cc2ccccc2)[C@H](OC(C)=O)[C@@H](OC(C)=O)[C@@H]1OC(C)=O. The molecule has 0 unspecified atom stereocenters. The Bertz CT molecular complexity index is 1180. The first-order valence-corrected chi connectivity index (χ1v) is 14.0. The first-order valence-electron chi connectivity index (χ1n) is 14.0. The number of carbonyl (C=O) groups is 4. The van der Waals surface area contributed by atoms with E-state index in [2.05, 4.69) is 9.80 Å². The first kappa shape index (κ1) is 31.1. The second kappa shape index (κ2) is 14.4. The maximum absolute atomic E-state index is 12.5. The Morgan fingerprint density at radius 3 is 1.57 bits per heavy atom. The van der Waals surface area contributed by atoms with Crippen molar-refractivity contribution in [2.24, 2.45) is 0 Å². The van der Waals surface area contributed by atoms with E-state index in [9.17, 15) is 19.2 Å². The van der Waals surface area contributed by atoms with Crippen molar-refractivity contribution in [1.82, 2.24) is 9.80 Å². The molecule has 0 saturated carbocycles. The maximum atomic E-state index is 12.5. The van der Waals surface area contributed by atoms with Crippen molar-refractivity contribution < 1.29 is 42.9 Å². The third-order valence-electron chi connectivity index (χ3n) is 7.20. The molecule has 2 heterocycles. The molecule has 2 aliphatic heterocycles. The zero-order valence-corrected chi connectivity index (χ0v) is 24.3. The summed E-state index contributed by atoms with van der Waals surface area (Å²) in [4.78, 5) is 53.2. The number of ether oxygens (including phenoxy) is 5. The minimum Gasteiger partial charge on any atom is -0.463 e. The summed E-state index contributed by atoms with van der Waals surface area (Å²) in [5, 5.41) is 0. The molecule has 2 aromatic rings. The van der Waals surface area contributed by atoms with E-state index in [1.807, 2.05) is 60.7 Å². The smallest absolute Gasteiger partial charge is 0.303 e. The van der Waals surface area contributed by atoms with Crippen LogP contribution in [0, 0.1) is 0 Å². The Kier molecular flexibility index (Phi) is 10.7. The zero-order chi connectivity index (χ0) is 30.2. The van der Waals surface area contributed by atoms with Crippen LogP contribution in [0.2, 0.25) is 0 Å². The van der Waals surface area contributed by atoms with Crippen molar-refractivity contribution in [3.8, 4) is 0 Å². The summed E-state index contributed by atoms with van der Waals surface area (Å²) in [5.41, 5.74) is 2.16.